The summed E-state index contributed by atoms with van der Waals surface area (Å²) in [6.45, 7) is 0. The number of non-ortho nitro benzene ring substituents is 1. The van der Waals surface area contributed by atoms with Crippen molar-refractivity contribution in [2.24, 2.45) is 20.5 Å². The number of alkyl halides is 3. The summed E-state index contributed by atoms with van der Waals surface area (Å²) >= 11 is 0. The molecule has 0 aliphatic rings. The van der Waals surface area contributed by atoms with Crippen molar-refractivity contribution in [3.8, 4) is 11.5 Å². The molecule has 18 nitrogen and oxygen atoms in total. The van der Waals surface area contributed by atoms with Crippen LogP contribution < -0.4 is 21.3 Å². The number of carbonyl (C=O) groups is 5. The van der Waals surface area contributed by atoms with E-state index in [1.807, 2.05) is 0 Å². The normalized spacial score (nSPS) is 11.4. The van der Waals surface area contributed by atoms with Gasteiger partial charge in [-0.3, -0.25) is 35.1 Å². The van der Waals surface area contributed by atoms with E-state index in [0.717, 1.165) is 24.3 Å². The lowest BCUT2D eigenvalue weighted by atomic mass is 10.0. The molecule has 8 aromatic rings. The number of imide groups is 2. The topological polar surface area (TPSA) is 267 Å². The van der Waals surface area contributed by atoms with Gasteiger partial charge in [-0.15, -0.1) is 10.2 Å². The lowest BCUT2D eigenvalue weighted by molar-refractivity contribution is -0.384. The Hall–Kier alpha value is -10.2. The first-order valence-electron chi connectivity index (χ1n) is 20.8. The Morgan fingerprint density at radius 2 is 0.944 bits per heavy atom. The van der Waals surface area contributed by atoms with Crippen LogP contribution in [0, 0.1) is 10.1 Å². The lowest BCUT2D eigenvalue weighted by Crippen LogP contribution is -2.34. The number of urea groups is 2. The number of phenolic OH excluding ortho intramolecular Hbond substituents is 2. The van der Waals surface area contributed by atoms with E-state index in [1.54, 1.807) is 42.5 Å². The van der Waals surface area contributed by atoms with Crippen molar-refractivity contribution in [3.05, 3.63) is 196 Å². The predicted octanol–water partition coefficient (Wildman–Crippen LogP) is 12.3. The van der Waals surface area contributed by atoms with Crippen LogP contribution in [0.3, 0.4) is 0 Å². The van der Waals surface area contributed by atoms with Crippen LogP contribution in [0.15, 0.2) is 178 Å². The Morgan fingerprint density at radius 1 is 0.507 bits per heavy atom. The Kier molecular flexibility index (Phi) is 13.3. The number of nitro benzene ring substituents is 1. The number of hydrogen-bond acceptors (Lipinski definition) is 13. The number of azo groups is 2. The highest BCUT2D eigenvalue weighted by Gasteiger charge is 2.30. The summed E-state index contributed by atoms with van der Waals surface area (Å²) in [4.78, 5) is 74.4. The molecule has 0 heterocycles. The standard InChI is InChI=1S/C50H32F3N9O9/c51-50(52,53)33-3-1-4-36(25-33)54-48(68)56-46(66)31-11-19-39-29(23-31)13-21-41(63)43(39)60-58-34-15-7-27(8-16-34)45(65)28-9-17-35(18-10-28)59-61-44-40-20-12-32(24-30(40)14-22-42(44)64)47(67)57-49(69)55-37-5-2-6-38(26-37)62(70)71/h1-26,63-64H,(H2,54,56,66,68)(H2,55,57,67,69). The quantitative estimate of drug-likeness (QED) is 0.0311. The van der Waals surface area contributed by atoms with Gasteiger partial charge >= 0.3 is 18.2 Å². The van der Waals surface area contributed by atoms with E-state index in [1.165, 1.54) is 91.0 Å². The van der Waals surface area contributed by atoms with Crippen LogP contribution >= 0.6 is 0 Å². The van der Waals surface area contributed by atoms with Gasteiger partial charge in [-0.25, -0.2) is 9.59 Å². The molecule has 0 aliphatic carbocycles. The average molecular weight is 960 g/mol. The molecule has 0 unspecified atom stereocenters. The Bertz CT molecular complexity index is 3530. The third kappa shape index (κ3) is 11.2. The Balaban J connectivity index is 0.882. The Labute approximate surface area is 397 Å². The highest BCUT2D eigenvalue weighted by Crippen LogP contribution is 2.38. The zero-order valence-corrected chi connectivity index (χ0v) is 36.1. The average Bonchev–Trinajstić information content (AvgIpc) is 3.35. The summed E-state index contributed by atoms with van der Waals surface area (Å²) in [5.74, 6) is -2.37. The van der Waals surface area contributed by atoms with Crippen LogP contribution in [0.5, 0.6) is 11.5 Å². The maximum Gasteiger partial charge on any atom is 0.416 e. The van der Waals surface area contributed by atoms with Crippen LogP contribution in [0.25, 0.3) is 21.5 Å². The van der Waals surface area contributed by atoms with Crippen molar-refractivity contribution in [1.82, 2.24) is 10.6 Å². The second kappa shape index (κ2) is 20.0. The first kappa shape index (κ1) is 47.3. The van der Waals surface area contributed by atoms with Crippen molar-refractivity contribution < 1.29 is 52.3 Å². The molecule has 8 aromatic carbocycles. The zero-order valence-electron chi connectivity index (χ0n) is 36.1. The summed E-state index contributed by atoms with van der Waals surface area (Å²) in [6, 6.07) is 33.9. The summed E-state index contributed by atoms with van der Waals surface area (Å²) in [5.41, 5.74) is 0.302. The summed E-state index contributed by atoms with van der Waals surface area (Å²) < 4.78 is 39.2. The van der Waals surface area contributed by atoms with E-state index in [0.29, 0.717) is 44.0 Å². The number of halogens is 3. The fourth-order valence-electron chi connectivity index (χ4n) is 6.98. The van der Waals surface area contributed by atoms with Crippen molar-refractivity contribution in [1.29, 1.82) is 0 Å². The number of aromatic hydroxyl groups is 2. The molecule has 6 N–H and O–H groups in total. The molecule has 21 heteroatoms. The largest absolute Gasteiger partial charge is 0.506 e. The van der Waals surface area contributed by atoms with E-state index in [9.17, 15) is 57.5 Å². The molecule has 0 saturated carbocycles. The highest BCUT2D eigenvalue weighted by atomic mass is 19.4. The third-order valence-electron chi connectivity index (χ3n) is 10.5. The molecular weight excluding hydrogens is 928 g/mol. The predicted molar refractivity (Wildman–Crippen MR) is 253 cm³/mol. The molecule has 0 spiro atoms. The van der Waals surface area contributed by atoms with E-state index in [2.05, 4.69) is 41.7 Å². The fraction of sp³-hybridized carbons (Fsp3) is 0.0200. The van der Waals surface area contributed by atoms with E-state index >= 15 is 0 Å². The van der Waals surface area contributed by atoms with Gasteiger partial charge in [-0.05, 0) is 120 Å². The molecule has 0 aliphatic heterocycles. The second-order valence-corrected chi connectivity index (χ2v) is 15.3. The molecule has 0 fully saturated rings. The third-order valence-corrected chi connectivity index (χ3v) is 10.5. The monoisotopic (exact) mass is 959 g/mol. The first-order valence-corrected chi connectivity index (χ1v) is 20.8. The number of ketones is 1. The molecule has 0 atom stereocenters. The second-order valence-electron chi connectivity index (χ2n) is 15.3. The van der Waals surface area contributed by atoms with Crippen molar-refractivity contribution in [2.45, 2.75) is 6.18 Å². The lowest BCUT2D eigenvalue weighted by Gasteiger charge is -2.11. The highest BCUT2D eigenvalue weighted by molar-refractivity contribution is 6.12. The molecule has 352 valence electrons. The Morgan fingerprint density at radius 3 is 1.39 bits per heavy atom. The number of carbonyl (C=O) groups excluding carboxylic acids is 5. The van der Waals surface area contributed by atoms with Crippen molar-refractivity contribution in [2.75, 3.05) is 10.6 Å². The van der Waals surface area contributed by atoms with E-state index in [-0.39, 0.29) is 56.8 Å². The molecule has 8 rings (SSSR count). The van der Waals surface area contributed by atoms with Gasteiger partial charge in [0.05, 0.1) is 21.9 Å². The van der Waals surface area contributed by atoms with Crippen LogP contribution in [0.2, 0.25) is 0 Å². The SMILES string of the molecule is O=C(NC(=O)c1ccc2c(N=Nc3ccc(C(=O)c4ccc(N=Nc5c(O)ccc6cc(C(=O)NC(=O)Nc7cccc(C(F)(F)F)c7)ccc56)cc4)cc3)c(O)ccc2c1)Nc1cccc([N+](=O)[O-])c1. The molecule has 0 aromatic heterocycles. The number of amides is 6. The number of benzene rings is 8. The smallest absolute Gasteiger partial charge is 0.416 e. The number of anilines is 2. The number of hydrogen-bond donors (Lipinski definition) is 6. The van der Waals surface area contributed by atoms with Crippen LogP contribution in [-0.2, 0) is 6.18 Å². The minimum Gasteiger partial charge on any atom is -0.506 e. The van der Waals surface area contributed by atoms with Crippen LogP contribution in [0.1, 0.15) is 42.2 Å². The van der Waals surface area contributed by atoms with E-state index < -0.39 is 40.5 Å². The molecule has 6 amide bonds. The number of nitrogens with one attached hydrogen (secondary N) is 4. The molecule has 0 bridgehead atoms. The van der Waals surface area contributed by atoms with Gasteiger partial charge in [-0.2, -0.15) is 23.4 Å². The number of rotatable bonds is 11. The number of nitrogens with zero attached hydrogens (tertiary/aromatic N) is 5. The fourth-order valence-corrected chi connectivity index (χ4v) is 6.98. The number of fused-ring (bicyclic) bond motifs is 2. The summed E-state index contributed by atoms with van der Waals surface area (Å²) in [5, 5.41) is 59.7. The van der Waals surface area contributed by atoms with Crippen LogP contribution in [-0.4, -0.2) is 44.8 Å². The van der Waals surface area contributed by atoms with Crippen LogP contribution in [0.4, 0.5) is 62.6 Å². The van der Waals surface area contributed by atoms with Gasteiger partial charge in [-0.1, -0.05) is 36.4 Å². The molecule has 0 saturated heterocycles. The minimum absolute atomic E-state index is 0.0309. The number of phenols is 2. The maximum absolute atomic E-state index is 13.4. The van der Waals surface area contributed by atoms with Gasteiger partial charge in [0.1, 0.15) is 22.9 Å². The number of nitro groups is 1. The van der Waals surface area contributed by atoms with Crippen molar-refractivity contribution >= 4 is 91.0 Å². The van der Waals surface area contributed by atoms with Gasteiger partial charge in [0.25, 0.3) is 17.5 Å². The summed E-state index contributed by atoms with van der Waals surface area (Å²) in [7, 11) is 0. The molecular formula is C50H32F3N9O9. The first-order chi connectivity index (χ1) is 34.0. The van der Waals surface area contributed by atoms with Gasteiger partial charge in [0, 0.05) is 56.5 Å². The minimum atomic E-state index is -4.63. The van der Waals surface area contributed by atoms with E-state index in [4.69, 9.17) is 0 Å². The van der Waals surface area contributed by atoms with Gasteiger partial charge < -0.3 is 20.8 Å². The summed E-state index contributed by atoms with van der Waals surface area (Å²) in [6.07, 6.45) is -4.63. The molecule has 71 heavy (non-hydrogen) atoms. The van der Waals surface area contributed by atoms with Crippen molar-refractivity contribution in [3.63, 3.8) is 0 Å². The van der Waals surface area contributed by atoms with Gasteiger partial charge in [0.2, 0.25) is 0 Å². The zero-order chi connectivity index (χ0) is 50.4. The van der Waals surface area contributed by atoms with Gasteiger partial charge in [0.15, 0.2) is 5.78 Å². The molecule has 0 radical (unpaired) electrons. The maximum atomic E-state index is 13.4.